The Kier molecular flexibility index (Phi) is 3.07. The molecule has 0 spiro atoms. The Morgan fingerprint density at radius 1 is 1.53 bits per heavy atom. The molecule has 2 rings (SSSR count). The lowest BCUT2D eigenvalue weighted by Crippen LogP contribution is -2.41. The van der Waals surface area contributed by atoms with E-state index < -0.39 is 10.0 Å². The maximum atomic E-state index is 12.1. The van der Waals surface area contributed by atoms with Gasteiger partial charge in [-0.2, -0.15) is 4.31 Å². The van der Waals surface area contributed by atoms with Gasteiger partial charge in [0.05, 0.1) is 10.8 Å². The minimum absolute atomic E-state index is 0.376. The molecule has 1 aliphatic heterocycles. The molecule has 0 bridgehead atoms. The number of halogens is 1. The van der Waals surface area contributed by atoms with E-state index in [1.807, 2.05) is 6.92 Å². The summed E-state index contributed by atoms with van der Waals surface area (Å²) in [6.45, 7) is 3.12. The summed E-state index contributed by atoms with van der Waals surface area (Å²) in [6, 6.07) is 1.70. The lowest BCUT2D eigenvalue weighted by molar-refractivity contribution is 0.309. The molecule has 1 aromatic heterocycles. The third kappa shape index (κ3) is 1.93. The summed E-state index contributed by atoms with van der Waals surface area (Å²) in [7, 11) is -3.24. The van der Waals surface area contributed by atoms with Crippen molar-refractivity contribution in [2.24, 2.45) is 0 Å². The van der Waals surface area contributed by atoms with Crippen molar-refractivity contribution in [3.05, 3.63) is 15.8 Å². The molecule has 1 aliphatic rings. The first kappa shape index (κ1) is 11.4. The standard InChI is InChI=1S/C9H12ClNO2S2/c1-7-9(5-8(6-10)14-7)15(12,13)11-3-2-4-11/h5H,2-4,6H2,1H3. The average molecular weight is 266 g/mol. The van der Waals surface area contributed by atoms with Gasteiger partial charge in [-0.25, -0.2) is 8.42 Å². The zero-order valence-electron chi connectivity index (χ0n) is 8.36. The van der Waals surface area contributed by atoms with Crippen LogP contribution in [0, 0.1) is 6.92 Å². The molecule has 3 nitrogen and oxygen atoms in total. The Bertz CT molecular complexity index is 462. The highest BCUT2D eigenvalue weighted by molar-refractivity contribution is 7.89. The van der Waals surface area contributed by atoms with Crippen molar-refractivity contribution < 1.29 is 8.42 Å². The molecule has 0 aromatic carbocycles. The van der Waals surface area contributed by atoms with Crippen molar-refractivity contribution in [3.8, 4) is 0 Å². The molecule has 0 radical (unpaired) electrons. The van der Waals surface area contributed by atoms with Crippen LogP contribution < -0.4 is 0 Å². The highest BCUT2D eigenvalue weighted by Gasteiger charge is 2.31. The van der Waals surface area contributed by atoms with Crippen LogP contribution in [0.1, 0.15) is 16.2 Å². The predicted octanol–water partition coefficient (Wildman–Crippen LogP) is 2.19. The monoisotopic (exact) mass is 265 g/mol. The van der Waals surface area contributed by atoms with Crippen LogP contribution in [0.15, 0.2) is 11.0 Å². The fraction of sp³-hybridized carbons (Fsp3) is 0.556. The van der Waals surface area contributed by atoms with Crippen molar-refractivity contribution in [2.75, 3.05) is 13.1 Å². The van der Waals surface area contributed by atoms with Gasteiger partial charge in [0.1, 0.15) is 0 Å². The molecule has 0 unspecified atom stereocenters. The molecule has 6 heteroatoms. The highest BCUT2D eigenvalue weighted by atomic mass is 35.5. The Labute approximate surface area is 98.7 Å². The van der Waals surface area contributed by atoms with E-state index in [1.54, 1.807) is 6.07 Å². The van der Waals surface area contributed by atoms with Gasteiger partial charge in [0.25, 0.3) is 0 Å². The molecule has 0 amide bonds. The molecular weight excluding hydrogens is 254 g/mol. The van der Waals surface area contributed by atoms with Gasteiger partial charge in [0.2, 0.25) is 10.0 Å². The molecular formula is C9H12ClNO2S2. The second-order valence-corrected chi connectivity index (χ2v) is 7.04. The predicted molar refractivity (Wildman–Crippen MR) is 62.0 cm³/mol. The molecule has 1 saturated heterocycles. The number of hydrogen-bond acceptors (Lipinski definition) is 3. The van der Waals surface area contributed by atoms with Crippen LogP contribution >= 0.6 is 22.9 Å². The summed E-state index contributed by atoms with van der Waals surface area (Å²) in [5.74, 6) is 0.376. The van der Waals surface area contributed by atoms with Crippen LogP contribution in [-0.2, 0) is 15.9 Å². The van der Waals surface area contributed by atoms with Crippen LogP contribution in [0.3, 0.4) is 0 Å². The van der Waals surface area contributed by atoms with E-state index in [4.69, 9.17) is 11.6 Å². The quantitative estimate of drug-likeness (QED) is 0.786. The second kappa shape index (κ2) is 4.05. The average Bonchev–Trinajstić information content (AvgIpc) is 2.43. The SMILES string of the molecule is Cc1sc(CCl)cc1S(=O)(=O)N1CCC1. The number of sulfonamides is 1. The summed E-state index contributed by atoms with van der Waals surface area (Å²) >= 11 is 7.15. The molecule has 1 fully saturated rings. The van der Waals surface area contributed by atoms with Crippen molar-refractivity contribution in [2.45, 2.75) is 24.1 Å². The third-order valence-electron chi connectivity index (χ3n) is 2.49. The van der Waals surface area contributed by atoms with Gasteiger partial charge >= 0.3 is 0 Å². The number of aryl methyl sites for hydroxylation is 1. The zero-order chi connectivity index (χ0) is 11.1. The van der Waals surface area contributed by atoms with E-state index >= 15 is 0 Å². The Morgan fingerprint density at radius 3 is 2.60 bits per heavy atom. The minimum atomic E-state index is -3.24. The summed E-state index contributed by atoms with van der Waals surface area (Å²) in [5.41, 5.74) is 0. The maximum absolute atomic E-state index is 12.1. The summed E-state index contributed by atoms with van der Waals surface area (Å²) in [6.07, 6.45) is 0.963. The summed E-state index contributed by atoms with van der Waals surface area (Å²) < 4.78 is 25.6. The molecule has 15 heavy (non-hydrogen) atoms. The topological polar surface area (TPSA) is 37.4 Å². The van der Waals surface area contributed by atoms with Gasteiger partial charge in [-0.15, -0.1) is 22.9 Å². The fourth-order valence-corrected chi connectivity index (χ4v) is 4.72. The van der Waals surface area contributed by atoms with E-state index in [0.29, 0.717) is 23.9 Å². The number of hydrogen-bond donors (Lipinski definition) is 0. The number of rotatable bonds is 3. The maximum Gasteiger partial charge on any atom is 0.244 e. The van der Waals surface area contributed by atoms with Gasteiger partial charge in [0.15, 0.2) is 0 Å². The first-order valence-corrected chi connectivity index (χ1v) is 7.50. The Balaban J connectivity index is 2.39. The molecule has 1 aromatic rings. The molecule has 0 atom stereocenters. The van der Waals surface area contributed by atoms with Crippen LogP contribution in [0.25, 0.3) is 0 Å². The van der Waals surface area contributed by atoms with Gasteiger partial charge in [-0.05, 0) is 19.4 Å². The van der Waals surface area contributed by atoms with Crippen LogP contribution in [0.4, 0.5) is 0 Å². The van der Waals surface area contributed by atoms with E-state index in [9.17, 15) is 8.42 Å². The lowest BCUT2D eigenvalue weighted by Gasteiger charge is -2.29. The van der Waals surface area contributed by atoms with Crippen molar-refractivity contribution in [3.63, 3.8) is 0 Å². The lowest BCUT2D eigenvalue weighted by atomic mass is 10.3. The van der Waals surface area contributed by atoms with E-state index in [-0.39, 0.29) is 0 Å². The first-order chi connectivity index (χ1) is 7.05. The van der Waals surface area contributed by atoms with Crippen molar-refractivity contribution in [1.82, 2.24) is 4.31 Å². The minimum Gasteiger partial charge on any atom is -0.207 e. The first-order valence-electron chi connectivity index (χ1n) is 4.71. The molecule has 0 aliphatic carbocycles. The van der Waals surface area contributed by atoms with E-state index in [0.717, 1.165) is 16.2 Å². The normalized spacial score (nSPS) is 17.7. The molecule has 0 N–H and O–H groups in total. The fourth-order valence-electron chi connectivity index (χ4n) is 1.51. The van der Waals surface area contributed by atoms with Crippen LogP contribution in [0.5, 0.6) is 0 Å². The smallest absolute Gasteiger partial charge is 0.207 e. The molecule has 84 valence electrons. The molecule has 0 saturated carbocycles. The molecule has 2 heterocycles. The van der Waals surface area contributed by atoms with Crippen LogP contribution in [-0.4, -0.2) is 25.8 Å². The van der Waals surface area contributed by atoms with E-state index in [1.165, 1.54) is 15.6 Å². The number of thiophene rings is 1. The number of alkyl halides is 1. The van der Waals surface area contributed by atoms with Crippen molar-refractivity contribution in [1.29, 1.82) is 0 Å². The number of nitrogens with zero attached hydrogens (tertiary/aromatic N) is 1. The van der Waals surface area contributed by atoms with E-state index in [2.05, 4.69) is 0 Å². The van der Waals surface area contributed by atoms with Gasteiger partial charge in [0, 0.05) is 22.8 Å². The third-order valence-corrected chi connectivity index (χ3v) is 6.14. The second-order valence-electron chi connectivity index (χ2n) is 3.52. The van der Waals surface area contributed by atoms with Crippen LogP contribution in [0.2, 0.25) is 0 Å². The Hall–Kier alpha value is -0.100. The highest BCUT2D eigenvalue weighted by Crippen LogP contribution is 2.30. The Morgan fingerprint density at radius 2 is 2.20 bits per heavy atom. The van der Waals surface area contributed by atoms with Gasteiger partial charge < -0.3 is 0 Å². The summed E-state index contributed by atoms with van der Waals surface area (Å²) in [5, 5.41) is 0. The van der Waals surface area contributed by atoms with Gasteiger partial charge in [-0.1, -0.05) is 0 Å². The van der Waals surface area contributed by atoms with Gasteiger partial charge in [-0.3, -0.25) is 0 Å². The zero-order valence-corrected chi connectivity index (χ0v) is 10.8. The van der Waals surface area contributed by atoms with Crippen molar-refractivity contribution >= 4 is 33.0 Å². The summed E-state index contributed by atoms with van der Waals surface area (Å²) in [4.78, 5) is 2.17. The largest absolute Gasteiger partial charge is 0.244 e.